The van der Waals surface area contributed by atoms with E-state index in [0.717, 1.165) is 6.42 Å². The predicted molar refractivity (Wildman–Crippen MR) is 85.2 cm³/mol. The molecule has 20 heavy (non-hydrogen) atoms. The van der Waals surface area contributed by atoms with E-state index in [1.165, 1.54) is 51.0 Å². The van der Waals surface area contributed by atoms with Crippen LogP contribution in [0.2, 0.25) is 0 Å². The molecule has 112 valence electrons. The number of nitrogen functional groups attached to an aromatic ring is 1. The smallest absolute Gasteiger partial charge is 0.201 e. The number of unbranched alkanes of at least 4 members (excludes halogenated alkanes) is 7. The maximum atomic E-state index is 11.3. The Morgan fingerprint density at radius 3 is 2.20 bits per heavy atom. The van der Waals surface area contributed by atoms with Gasteiger partial charge in [-0.3, -0.25) is 4.79 Å². The fourth-order valence-corrected chi connectivity index (χ4v) is 2.09. The molecule has 0 spiro atoms. The van der Waals surface area contributed by atoms with Gasteiger partial charge >= 0.3 is 0 Å². The molecule has 0 saturated heterocycles. The van der Waals surface area contributed by atoms with E-state index in [0.29, 0.717) is 12.4 Å². The summed E-state index contributed by atoms with van der Waals surface area (Å²) in [5.74, 6) is 0.710. The van der Waals surface area contributed by atoms with Crippen molar-refractivity contribution in [1.29, 1.82) is 0 Å². The summed E-state index contributed by atoms with van der Waals surface area (Å²) < 4.78 is 5.63. The van der Waals surface area contributed by atoms with Crippen LogP contribution in [-0.2, 0) is 0 Å². The van der Waals surface area contributed by atoms with Crippen LogP contribution in [0, 0.1) is 0 Å². The number of anilines is 1. The van der Waals surface area contributed by atoms with E-state index in [2.05, 4.69) is 6.92 Å². The Labute approximate surface area is 122 Å². The zero-order chi connectivity index (χ0) is 14.6. The Bertz CT molecular complexity index is 432. The molecule has 0 atom stereocenters. The summed E-state index contributed by atoms with van der Waals surface area (Å²) in [6.45, 7) is 2.94. The lowest BCUT2D eigenvalue weighted by Crippen LogP contribution is -2.01. The molecular formula is C17H27NO2. The molecule has 0 amide bonds. The molecule has 3 heteroatoms. The maximum absolute atomic E-state index is 11.3. The van der Waals surface area contributed by atoms with E-state index in [1.807, 2.05) is 0 Å². The average molecular weight is 277 g/mol. The largest absolute Gasteiger partial charge is 0.494 e. The lowest BCUT2D eigenvalue weighted by atomic mass is 10.1. The van der Waals surface area contributed by atoms with Gasteiger partial charge in [-0.25, -0.2) is 0 Å². The van der Waals surface area contributed by atoms with Crippen molar-refractivity contribution < 1.29 is 4.74 Å². The van der Waals surface area contributed by atoms with Crippen molar-refractivity contribution in [2.45, 2.75) is 58.3 Å². The van der Waals surface area contributed by atoms with Crippen molar-refractivity contribution in [3.63, 3.8) is 0 Å². The van der Waals surface area contributed by atoms with Crippen molar-refractivity contribution in [3.8, 4) is 5.75 Å². The third-order valence-electron chi connectivity index (χ3n) is 3.38. The third-order valence-corrected chi connectivity index (χ3v) is 3.38. The van der Waals surface area contributed by atoms with Gasteiger partial charge < -0.3 is 10.5 Å². The Hall–Kier alpha value is -1.51. The van der Waals surface area contributed by atoms with Crippen molar-refractivity contribution in [1.82, 2.24) is 0 Å². The molecule has 0 unspecified atom stereocenters. The highest BCUT2D eigenvalue weighted by Gasteiger charge is 1.95. The second-order valence-corrected chi connectivity index (χ2v) is 5.21. The molecule has 0 saturated carbocycles. The van der Waals surface area contributed by atoms with Gasteiger partial charge in [0.2, 0.25) is 5.43 Å². The zero-order valence-electron chi connectivity index (χ0n) is 12.6. The summed E-state index contributed by atoms with van der Waals surface area (Å²) in [5, 5.41) is 0. The van der Waals surface area contributed by atoms with E-state index in [4.69, 9.17) is 10.5 Å². The first-order valence-corrected chi connectivity index (χ1v) is 7.76. The van der Waals surface area contributed by atoms with Crippen LogP contribution in [0.5, 0.6) is 5.75 Å². The molecule has 0 radical (unpaired) electrons. The zero-order valence-corrected chi connectivity index (χ0v) is 12.6. The summed E-state index contributed by atoms with van der Waals surface area (Å²) in [4.78, 5) is 11.3. The van der Waals surface area contributed by atoms with E-state index < -0.39 is 0 Å². The normalized spacial score (nSPS) is 10.4. The first kappa shape index (κ1) is 16.5. The number of nitrogens with two attached hydrogens (primary N) is 1. The number of hydrogen-bond acceptors (Lipinski definition) is 3. The Kier molecular flexibility index (Phi) is 8.52. The van der Waals surface area contributed by atoms with Gasteiger partial charge in [0.25, 0.3) is 0 Å². The molecule has 0 aliphatic carbocycles. The highest BCUT2D eigenvalue weighted by atomic mass is 16.5. The van der Waals surface area contributed by atoms with Crippen molar-refractivity contribution >= 4 is 5.69 Å². The lowest BCUT2D eigenvalue weighted by molar-refractivity contribution is 0.304. The summed E-state index contributed by atoms with van der Waals surface area (Å²) in [5.41, 5.74) is 5.64. The molecule has 3 nitrogen and oxygen atoms in total. The van der Waals surface area contributed by atoms with Gasteiger partial charge in [0, 0.05) is 0 Å². The van der Waals surface area contributed by atoms with Gasteiger partial charge in [-0.2, -0.15) is 0 Å². The fourth-order valence-electron chi connectivity index (χ4n) is 2.09. The quantitative estimate of drug-likeness (QED) is 0.654. The molecule has 0 aliphatic rings. The minimum absolute atomic E-state index is 0.160. The highest BCUT2D eigenvalue weighted by Crippen LogP contribution is 2.11. The van der Waals surface area contributed by atoms with Gasteiger partial charge in [0.15, 0.2) is 0 Å². The SMILES string of the molecule is CCCCCCCCCCOc1ccc(N)c(=O)cc1. The molecule has 1 aromatic carbocycles. The fraction of sp³-hybridized carbons (Fsp3) is 0.588. The summed E-state index contributed by atoms with van der Waals surface area (Å²) in [7, 11) is 0. The maximum Gasteiger partial charge on any atom is 0.201 e. The standard InChI is InChI=1S/C17H27NO2/c1-2-3-4-5-6-7-8-9-14-20-15-10-12-16(18)17(19)13-11-15/h10-13H,2-9,14H2,1H3,(H2,18,19). The van der Waals surface area contributed by atoms with E-state index in [-0.39, 0.29) is 11.1 Å². The summed E-state index contributed by atoms with van der Waals surface area (Å²) in [6.07, 6.45) is 10.3. The van der Waals surface area contributed by atoms with Crippen LogP contribution in [0.4, 0.5) is 5.69 Å². The molecule has 0 bridgehead atoms. The minimum Gasteiger partial charge on any atom is -0.494 e. The summed E-state index contributed by atoms with van der Waals surface area (Å²) >= 11 is 0. The van der Waals surface area contributed by atoms with Crippen LogP contribution >= 0.6 is 0 Å². The van der Waals surface area contributed by atoms with Gasteiger partial charge in [-0.1, -0.05) is 51.9 Å². The van der Waals surface area contributed by atoms with Gasteiger partial charge in [-0.05, 0) is 30.7 Å². The highest BCUT2D eigenvalue weighted by molar-refractivity contribution is 5.39. The predicted octanol–water partition coefficient (Wildman–Crippen LogP) is 4.15. The van der Waals surface area contributed by atoms with Crippen LogP contribution in [0.3, 0.4) is 0 Å². The van der Waals surface area contributed by atoms with Crippen LogP contribution in [-0.4, -0.2) is 6.61 Å². The molecule has 1 rings (SSSR count). The van der Waals surface area contributed by atoms with Crippen LogP contribution < -0.4 is 15.9 Å². The van der Waals surface area contributed by atoms with Crippen LogP contribution in [0.15, 0.2) is 29.1 Å². The number of rotatable bonds is 10. The van der Waals surface area contributed by atoms with Gasteiger partial charge in [0.05, 0.1) is 12.3 Å². The third kappa shape index (κ3) is 7.17. The van der Waals surface area contributed by atoms with Gasteiger partial charge in [-0.15, -0.1) is 0 Å². The summed E-state index contributed by atoms with van der Waals surface area (Å²) in [6, 6.07) is 6.49. The van der Waals surface area contributed by atoms with E-state index >= 15 is 0 Å². The molecule has 1 aromatic rings. The second kappa shape index (κ2) is 10.3. The van der Waals surface area contributed by atoms with Gasteiger partial charge in [0.1, 0.15) is 5.75 Å². The molecule has 0 aromatic heterocycles. The Balaban J connectivity index is 2.10. The average Bonchev–Trinajstić information content (AvgIpc) is 2.61. The molecule has 0 fully saturated rings. The molecular weight excluding hydrogens is 250 g/mol. The van der Waals surface area contributed by atoms with Crippen molar-refractivity contribution in [3.05, 3.63) is 34.5 Å². The first-order valence-electron chi connectivity index (χ1n) is 7.76. The Morgan fingerprint density at radius 1 is 0.900 bits per heavy atom. The lowest BCUT2D eigenvalue weighted by Gasteiger charge is -2.04. The van der Waals surface area contributed by atoms with Crippen molar-refractivity contribution in [2.24, 2.45) is 0 Å². The number of hydrogen-bond donors (Lipinski definition) is 1. The van der Waals surface area contributed by atoms with Crippen molar-refractivity contribution in [2.75, 3.05) is 12.3 Å². The number of ether oxygens (including phenoxy) is 1. The molecule has 2 N–H and O–H groups in total. The van der Waals surface area contributed by atoms with E-state index in [1.54, 1.807) is 18.2 Å². The topological polar surface area (TPSA) is 52.3 Å². The second-order valence-electron chi connectivity index (χ2n) is 5.21. The van der Waals surface area contributed by atoms with Crippen LogP contribution in [0.1, 0.15) is 58.3 Å². The molecule has 0 heterocycles. The molecule has 0 aliphatic heterocycles. The Morgan fingerprint density at radius 2 is 1.50 bits per heavy atom. The minimum atomic E-state index is -0.160. The monoisotopic (exact) mass is 277 g/mol. The first-order chi connectivity index (χ1) is 9.74. The van der Waals surface area contributed by atoms with E-state index in [9.17, 15) is 4.79 Å². The van der Waals surface area contributed by atoms with Crippen LogP contribution in [0.25, 0.3) is 0 Å².